The summed E-state index contributed by atoms with van der Waals surface area (Å²) in [6.45, 7) is 2.19. The lowest BCUT2D eigenvalue weighted by Gasteiger charge is -2.01. The lowest BCUT2D eigenvalue weighted by atomic mass is 10.1. The fourth-order valence-electron chi connectivity index (χ4n) is 1.15. The molecular weight excluding hydrogens is 150 g/mol. The highest BCUT2D eigenvalue weighted by atomic mass is 15.1. The van der Waals surface area contributed by atoms with Gasteiger partial charge < -0.3 is 5.73 Å². The fourth-order valence-corrected chi connectivity index (χ4v) is 1.15. The van der Waals surface area contributed by atoms with E-state index in [4.69, 9.17) is 5.73 Å². The molecule has 0 aromatic carbocycles. The van der Waals surface area contributed by atoms with E-state index in [0.717, 1.165) is 12.0 Å². The molecular formula is C9H15N3. The van der Waals surface area contributed by atoms with Crippen LogP contribution >= 0.6 is 0 Å². The molecule has 12 heavy (non-hydrogen) atoms. The SMILES string of the molecule is CCCCCc1ccnnc1N. The summed E-state index contributed by atoms with van der Waals surface area (Å²) in [5, 5.41) is 7.48. The summed E-state index contributed by atoms with van der Waals surface area (Å²) >= 11 is 0. The van der Waals surface area contributed by atoms with Crippen molar-refractivity contribution >= 4 is 5.82 Å². The molecule has 3 heteroatoms. The van der Waals surface area contributed by atoms with E-state index in [2.05, 4.69) is 17.1 Å². The van der Waals surface area contributed by atoms with Gasteiger partial charge in [0.05, 0.1) is 6.20 Å². The monoisotopic (exact) mass is 165 g/mol. The zero-order valence-electron chi connectivity index (χ0n) is 7.45. The first-order valence-electron chi connectivity index (χ1n) is 4.40. The van der Waals surface area contributed by atoms with Gasteiger partial charge in [0.1, 0.15) is 5.82 Å². The van der Waals surface area contributed by atoms with Gasteiger partial charge in [0.25, 0.3) is 0 Å². The van der Waals surface area contributed by atoms with Crippen LogP contribution in [0.4, 0.5) is 5.82 Å². The Labute approximate surface area is 73.0 Å². The first-order valence-corrected chi connectivity index (χ1v) is 4.40. The zero-order chi connectivity index (χ0) is 8.81. The number of hydrogen-bond acceptors (Lipinski definition) is 3. The van der Waals surface area contributed by atoms with Crippen molar-refractivity contribution in [1.29, 1.82) is 0 Å². The standard InChI is InChI=1S/C9H15N3/c1-2-3-4-5-8-6-7-11-12-9(8)10/h6-7H,2-5H2,1H3,(H2,10,12). The Morgan fingerprint density at radius 2 is 2.25 bits per heavy atom. The minimum atomic E-state index is 0.577. The van der Waals surface area contributed by atoms with Crippen LogP contribution in [0.5, 0.6) is 0 Å². The van der Waals surface area contributed by atoms with Crippen LogP contribution in [0.2, 0.25) is 0 Å². The molecule has 0 aliphatic carbocycles. The largest absolute Gasteiger partial charge is 0.382 e. The molecule has 1 rings (SSSR count). The maximum absolute atomic E-state index is 5.63. The van der Waals surface area contributed by atoms with Gasteiger partial charge in [-0.15, -0.1) is 5.10 Å². The van der Waals surface area contributed by atoms with Gasteiger partial charge in [-0.3, -0.25) is 0 Å². The van der Waals surface area contributed by atoms with E-state index in [9.17, 15) is 0 Å². The molecule has 0 spiro atoms. The van der Waals surface area contributed by atoms with Gasteiger partial charge in [-0.05, 0) is 24.5 Å². The quantitative estimate of drug-likeness (QED) is 0.692. The highest BCUT2D eigenvalue weighted by Crippen LogP contribution is 2.10. The van der Waals surface area contributed by atoms with E-state index >= 15 is 0 Å². The number of rotatable bonds is 4. The van der Waals surface area contributed by atoms with Crippen molar-refractivity contribution in [3.05, 3.63) is 17.8 Å². The van der Waals surface area contributed by atoms with Crippen LogP contribution in [0, 0.1) is 0 Å². The Balaban J connectivity index is 2.46. The van der Waals surface area contributed by atoms with E-state index in [1.807, 2.05) is 6.07 Å². The fraction of sp³-hybridized carbons (Fsp3) is 0.556. The van der Waals surface area contributed by atoms with E-state index < -0.39 is 0 Å². The summed E-state index contributed by atoms with van der Waals surface area (Å²) < 4.78 is 0. The van der Waals surface area contributed by atoms with Crippen LogP contribution in [0.1, 0.15) is 31.7 Å². The number of aromatic nitrogens is 2. The van der Waals surface area contributed by atoms with E-state index in [1.54, 1.807) is 6.20 Å². The Bertz CT molecular complexity index is 235. The first kappa shape index (κ1) is 8.97. The molecule has 0 saturated carbocycles. The molecule has 0 atom stereocenters. The molecule has 0 saturated heterocycles. The summed E-state index contributed by atoms with van der Waals surface area (Å²) in [4.78, 5) is 0. The van der Waals surface area contributed by atoms with Gasteiger partial charge in [-0.25, -0.2) is 0 Å². The molecule has 0 unspecified atom stereocenters. The first-order chi connectivity index (χ1) is 5.84. The normalized spacial score (nSPS) is 10.1. The molecule has 0 aliphatic heterocycles. The minimum absolute atomic E-state index is 0.577. The van der Waals surface area contributed by atoms with Gasteiger partial charge in [-0.2, -0.15) is 5.10 Å². The summed E-state index contributed by atoms with van der Waals surface area (Å²) in [5.41, 5.74) is 6.75. The third kappa shape index (κ3) is 2.49. The second-order valence-electron chi connectivity index (χ2n) is 2.90. The van der Waals surface area contributed by atoms with Crippen molar-refractivity contribution < 1.29 is 0 Å². The zero-order valence-corrected chi connectivity index (χ0v) is 7.45. The van der Waals surface area contributed by atoms with Crippen molar-refractivity contribution in [2.24, 2.45) is 0 Å². The van der Waals surface area contributed by atoms with Gasteiger partial charge in [0.2, 0.25) is 0 Å². The molecule has 0 radical (unpaired) electrons. The number of nitrogen functional groups attached to an aromatic ring is 1. The van der Waals surface area contributed by atoms with Crippen molar-refractivity contribution in [3.8, 4) is 0 Å². The van der Waals surface area contributed by atoms with Crippen LogP contribution in [-0.4, -0.2) is 10.2 Å². The second-order valence-corrected chi connectivity index (χ2v) is 2.90. The molecule has 0 amide bonds. The minimum Gasteiger partial charge on any atom is -0.382 e. The molecule has 1 heterocycles. The van der Waals surface area contributed by atoms with Crippen LogP contribution < -0.4 is 5.73 Å². The van der Waals surface area contributed by atoms with Crippen LogP contribution in [0.3, 0.4) is 0 Å². The Hall–Kier alpha value is -1.12. The van der Waals surface area contributed by atoms with Crippen LogP contribution in [0.25, 0.3) is 0 Å². The summed E-state index contributed by atoms with van der Waals surface area (Å²) in [5.74, 6) is 0.577. The molecule has 1 aromatic heterocycles. The second kappa shape index (κ2) is 4.70. The molecule has 66 valence electrons. The van der Waals surface area contributed by atoms with Crippen molar-refractivity contribution in [2.75, 3.05) is 5.73 Å². The number of aryl methyl sites for hydroxylation is 1. The van der Waals surface area contributed by atoms with Gasteiger partial charge in [0.15, 0.2) is 0 Å². The lowest BCUT2D eigenvalue weighted by molar-refractivity contribution is 0.715. The summed E-state index contributed by atoms with van der Waals surface area (Å²) in [6.07, 6.45) is 6.39. The van der Waals surface area contributed by atoms with Crippen molar-refractivity contribution in [1.82, 2.24) is 10.2 Å². The summed E-state index contributed by atoms with van der Waals surface area (Å²) in [6, 6.07) is 1.94. The number of anilines is 1. The maximum Gasteiger partial charge on any atom is 0.149 e. The maximum atomic E-state index is 5.63. The van der Waals surface area contributed by atoms with Gasteiger partial charge in [-0.1, -0.05) is 19.8 Å². The van der Waals surface area contributed by atoms with Crippen LogP contribution in [0.15, 0.2) is 12.3 Å². The average Bonchev–Trinajstić information content (AvgIpc) is 2.09. The number of unbranched alkanes of at least 4 members (excludes halogenated alkanes) is 2. The van der Waals surface area contributed by atoms with Crippen molar-refractivity contribution in [3.63, 3.8) is 0 Å². The number of nitrogens with zero attached hydrogens (tertiary/aromatic N) is 2. The lowest BCUT2D eigenvalue weighted by Crippen LogP contribution is -1.98. The molecule has 1 aromatic rings. The van der Waals surface area contributed by atoms with Crippen molar-refractivity contribution in [2.45, 2.75) is 32.6 Å². The number of hydrogen-bond donors (Lipinski definition) is 1. The van der Waals surface area contributed by atoms with Gasteiger partial charge >= 0.3 is 0 Å². The van der Waals surface area contributed by atoms with E-state index in [-0.39, 0.29) is 0 Å². The molecule has 3 nitrogen and oxygen atoms in total. The van der Waals surface area contributed by atoms with E-state index in [0.29, 0.717) is 5.82 Å². The third-order valence-electron chi connectivity index (χ3n) is 1.89. The molecule has 0 bridgehead atoms. The Morgan fingerprint density at radius 1 is 1.42 bits per heavy atom. The molecule has 0 aliphatic rings. The summed E-state index contributed by atoms with van der Waals surface area (Å²) in [7, 11) is 0. The van der Waals surface area contributed by atoms with Gasteiger partial charge in [0, 0.05) is 0 Å². The third-order valence-corrected chi connectivity index (χ3v) is 1.89. The molecule has 0 fully saturated rings. The highest BCUT2D eigenvalue weighted by Gasteiger charge is 1.98. The Kier molecular flexibility index (Phi) is 3.51. The smallest absolute Gasteiger partial charge is 0.149 e. The average molecular weight is 165 g/mol. The predicted octanol–water partition coefficient (Wildman–Crippen LogP) is 1.79. The molecule has 2 N–H and O–H groups in total. The van der Waals surface area contributed by atoms with E-state index in [1.165, 1.54) is 19.3 Å². The topological polar surface area (TPSA) is 51.8 Å². The highest BCUT2D eigenvalue weighted by molar-refractivity contribution is 5.36. The number of nitrogens with two attached hydrogens (primary N) is 1. The Morgan fingerprint density at radius 3 is 2.92 bits per heavy atom. The predicted molar refractivity (Wildman–Crippen MR) is 49.7 cm³/mol. The van der Waals surface area contributed by atoms with Crippen LogP contribution in [-0.2, 0) is 6.42 Å².